The van der Waals surface area contributed by atoms with Gasteiger partial charge in [-0.2, -0.15) is 0 Å². The number of halogens is 1. The maximum Gasteiger partial charge on any atom is 0.256 e. The van der Waals surface area contributed by atoms with Crippen LogP contribution in [-0.4, -0.2) is 44.4 Å². The Morgan fingerprint density at radius 1 is 1.30 bits per heavy atom. The molecule has 0 radical (unpaired) electrons. The number of nitrogens with zero attached hydrogens (tertiary/aromatic N) is 6. The summed E-state index contributed by atoms with van der Waals surface area (Å²) in [5, 5.41) is 11.3. The van der Waals surface area contributed by atoms with Crippen molar-refractivity contribution >= 4 is 32.5 Å². The standard InChI is InChI=1S/C10H9ClN6O2S/c1-16-9(13-14-15-16)17-7-5-3-4-6(11)8(7)12-10(17)20(2,18)19/h3-5H,1-2H3. The Morgan fingerprint density at radius 3 is 2.65 bits per heavy atom. The number of aryl methyl sites for hydroxylation is 1. The minimum Gasteiger partial charge on any atom is -0.250 e. The SMILES string of the molecule is Cn1nnnc1-n1c(S(C)(=O)=O)nc2c(Cl)cccc21. The molecule has 0 aliphatic carbocycles. The number of benzene rings is 1. The van der Waals surface area contributed by atoms with Gasteiger partial charge in [0.2, 0.25) is 15.0 Å². The average Bonchev–Trinajstić information content (AvgIpc) is 2.92. The fraction of sp³-hybridized carbons (Fsp3) is 0.200. The molecule has 10 heteroatoms. The fourth-order valence-electron chi connectivity index (χ4n) is 1.90. The molecule has 2 heterocycles. The second kappa shape index (κ2) is 4.25. The number of rotatable bonds is 2. The Balaban J connectivity index is 2.51. The van der Waals surface area contributed by atoms with Crippen LogP contribution in [0.1, 0.15) is 0 Å². The number of aromatic nitrogens is 6. The van der Waals surface area contributed by atoms with Crippen LogP contribution in [0.2, 0.25) is 5.02 Å². The summed E-state index contributed by atoms with van der Waals surface area (Å²) in [4.78, 5) is 4.11. The predicted molar refractivity (Wildman–Crippen MR) is 71.5 cm³/mol. The van der Waals surface area contributed by atoms with Gasteiger partial charge in [0.1, 0.15) is 5.52 Å². The summed E-state index contributed by atoms with van der Waals surface area (Å²) < 4.78 is 26.6. The van der Waals surface area contributed by atoms with Crippen molar-refractivity contribution in [2.45, 2.75) is 5.16 Å². The molecule has 3 rings (SSSR count). The molecule has 0 aliphatic rings. The monoisotopic (exact) mass is 312 g/mol. The molecule has 0 amide bonds. The van der Waals surface area contributed by atoms with Crippen molar-refractivity contribution in [3.63, 3.8) is 0 Å². The lowest BCUT2D eigenvalue weighted by Gasteiger charge is -2.04. The lowest BCUT2D eigenvalue weighted by Crippen LogP contribution is -2.12. The van der Waals surface area contributed by atoms with Crippen LogP contribution in [0.25, 0.3) is 17.0 Å². The molecule has 0 bridgehead atoms. The predicted octanol–water partition coefficient (Wildman–Crippen LogP) is 0.606. The van der Waals surface area contributed by atoms with Gasteiger partial charge in [0.15, 0.2) is 0 Å². The van der Waals surface area contributed by atoms with Crippen LogP contribution in [0.4, 0.5) is 0 Å². The molecule has 0 aliphatic heterocycles. The highest BCUT2D eigenvalue weighted by molar-refractivity contribution is 7.90. The number of sulfone groups is 1. The maximum absolute atomic E-state index is 11.9. The first-order valence-corrected chi connectivity index (χ1v) is 7.76. The van der Waals surface area contributed by atoms with E-state index >= 15 is 0 Å². The third kappa shape index (κ3) is 1.86. The van der Waals surface area contributed by atoms with Crippen molar-refractivity contribution in [2.24, 2.45) is 7.05 Å². The molecule has 0 saturated carbocycles. The van der Waals surface area contributed by atoms with Crippen molar-refractivity contribution in [2.75, 3.05) is 6.26 Å². The molecule has 0 unspecified atom stereocenters. The molecule has 3 aromatic rings. The van der Waals surface area contributed by atoms with Gasteiger partial charge in [-0.25, -0.2) is 22.7 Å². The Bertz CT molecular complexity index is 913. The number of hydrogen-bond acceptors (Lipinski definition) is 6. The van der Waals surface area contributed by atoms with Crippen LogP contribution in [0.3, 0.4) is 0 Å². The molecule has 104 valence electrons. The van der Waals surface area contributed by atoms with E-state index in [1.165, 1.54) is 9.25 Å². The lowest BCUT2D eigenvalue weighted by atomic mass is 10.3. The molecule has 0 fully saturated rings. The summed E-state index contributed by atoms with van der Waals surface area (Å²) in [6.07, 6.45) is 1.07. The summed E-state index contributed by atoms with van der Waals surface area (Å²) >= 11 is 6.06. The fourth-order valence-corrected chi connectivity index (χ4v) is 2.88. The van der Waals surface area contributed by atoms with E-state index < -0.39 is 9.84 Å². The van der Waals surface area contributed by atoms with Gasteiger partial charge >= 0.3 is 0 Å². The first kappa shape index (κ1) is 13.0. The first-order valence-electron chi connectivity index (χ1n) is 5.49. The Hall–Kier alpha value is -2.00. The van der Waals surface area contributed by atoms with E-state index in [-0.39, 0.29) is 11.1 Å². The van der Waals surface area contributed by atoms with Crippen molar-refractivity contribution < 1.29 is 8.42 Å². The third-order valence-corrected chi connectivity index (χ3v) is 3.98. The van der Waals surface area contributed by atoms with Crippen LogP contribution >= 0.6 is 11.6 Å². The van der Waals surface area contributed by atoms with Gasteiger partial charge in [-0.1, -0.05) is 22.8 Å². The molecule has 2 aromatic heterocycles. The molecule has 20 heavy (non-hydrogen) atoms. The highest BCUT2D eigenvalue weighted by atomic mass is 35.5. The summed E-state index contributed by atoms with van der Waals surface area (Å²) in [6, 6.07) is 5.05. The topological polar surface area (TPSA) is 95.6 Å². The average molecular weight is 313 g/mol. The maximum atomic E-state index is 11.9. The van der Waals surface area contributed by atoms with Gasteiger partial charge in [-0.3, -0.25) is 0 Å². The van der Waals surface area contributed by atoms with Gasteiger partial charge in [0, 0.05) is 13.3 Å². The Morgan fingerprint density at radius 2 is 2.05 bits per heavy atom. The first-order chi connectivity index (χ1) is 9.39. The minimum absolute atomic E-state index is 0.154. The van der Waals surface area contributed by atoms with Gasteiger partial charge in [0.25, 0.3) is 5.95 Å². The molecule has 8 nitrogen and oxygen atoms in total. The third-order valence-electron chi connectivity index (χ3n) is 2.73. The second-order valence-corrected chi connectivity index (χ2v) is 6.53. The Kier molecular flexibility index (Phi) is 2.76. The quantitative estimate of drug-likeness (QED) is 0.688. The molecule has 0 spiro atoms. The number of fused-ring (bicyclic) bond motifs is 1. The summed E-state index contributed by atoms with van der Waals surface area (Å²) in [5.74, 6) is 0.246. The van der Waals surface area contributed by atoms with Crippen LogP contribution in [0, 0.1) is 0 Å². The van der Waals surface area contributed by atoms with Gasteiger partial charge in [0.05, 0.1) is 10.5 Å². The van der Waals surface area contributed by atoms with Crippen LogP contribution < -0.4 is 0 Å². The van der Waals surface area contributed by atoms with Crippen molar-refractivity contribution in [3.05, 3.63) is 23.2 Å². The van der Waals surface area contributed by atoms with E-state index in [0.717, 1.165) is 6.26 Å². The van der Waals surface area contributed by atoms with Crippen molar-refractivity contribution in [3.8, 4) is 5.95 Å². The number of para-hydroxylation sites is 1. The minimum atomic E-state index is -3.57. The number of tetrazole rings is 1. The summed E-state index contributed by atoms with van der Waals surface area (Å²) in [5.41, 5.74) is 0.911. The van der Waals surface area contributed by atoms with Crippen LogP contribution in [-0.2, 0) is 16.9 Å². The highest BCUT2D eigenvalue weighted by Gasteiger charge is 2.24. The van der Waals surface area contributed by atoms with E-state index in [1.54, 1.807) is 25.2 Å². The van der Waals surface area contributed by atoms with Crippen molar-refractivity contribution in [1.29, 1.82) is 0 Å². The summed E-state index contributed by atoms with van der Waals surface area (Å²) in [6.45, 7) is 0. The molecule has 0 N–H and O–H groups in total. The zero-order chi connectivity index (χ0) is 14.5. The van der Waals surface area contributed by atoms with Crippen molar-refractivity contribution in [1.82, 2.24) is 29.8 Å². The molecular formula is C10H9ClN6O2S. The molecular weight excluding hydrogens is 304 g/mol. The van der Waals surface area contributed by atoms with Crippen LogP contribution in [0.15, 0.2) is 23.4 Å². The van der Waals surface area contributed by atoms with E-state index in [1.807, 2.05) is 0 Å². The number of imidazole rings is 1. The zero-order valence-corrected chi connectivity index (χ0v) is 12.1. The van der Waals surface area contributed by atoms with Crippen LogP contribution in [0.5, 0.6) is 0 Å². The zero-order valence-electron chi connectivity index (χ0n) is 10.5. The largest absolute Gasteiger partial charge is 0.256 e. The smallest absolute Gasteiger partial charge is 0.250 e. The lowest BCUT2D eigenvalue weighted by molar-refractivity contribution is 0.587. The highest BCUT2D eigenvalue weighted by Crippen LogP contribution is 2.27. The van der Waals surface area contributed by atoms with E-state index in [0.29, 0.717) is 16.1 Å². The summed E-state index contributed by atoms with van der Waals surface area (Å²) in [7, 11) is -1.96. The second-order valence-electron chi connectivity index (χ2n) is 4.21. The van der Waals surface area contributed by atoms with Gasteiger partial charge in [-0.15, -0.1) is 0 Å². The Labute approximate surface area is 118 Å². The van der Waals surface area contributed by atoms with E-state index in [2.05, 4.69) is 20.5 Å². The van der Waals surface area contributed by atoms with E-state index in [4.69, 9.17) is 11.6 Å². The van der Waals surface area contributed by atoms with Gasteiger partial charge < -0.3 is 0 Å². The molecule has 0 atom stereocenters. The normalized spacial score (nSPS) is 12.2. The molecule has 1 aromatic carbocycles. The van der Waals surface area contributed by atoms with Gasteiger partial charge in [-0.05, 0) is 22.6 Å². The number of hydrogen-bond donors (Lipinski definition) is 0. The van der Waals surface area contributed by atoms with E-state index in [9.17, 15) is 8.42 Å². The molecule has 0 saturated heterocycles.